The molecule has 2 amide bonds. The Morgan fingerprint density at radius 1 is 1.15 bits per heavy atom. The van der Waals surface area contributed by atoms with Crippen LogP contribution in [0.25, 0.3) is 0 Å². The first kappa shape index (κ1) is 17.9. The minimum Gasteiger partial charge on any atom is -0.484 e. The highest BCUT2D eigenvalue weighted by molar-refractivity contribution is 5.95. The van der Waals surface area contributed by atoms with Crippen molar-refractivity contribution in [3.63, 3.8) is 0 Å². The van der Waals surface area contributed by atoms with E-state index in [-0.39, 0.29) is 18.6 Å². The van der Waals surface area contributed by atoms with Crippen molar-refractivity contribution >= 4 is 17.5 Å². The maximum absolute atomic E-state index is 12.7. The highest BCUT2D eigenvalue weighted by Crippen LogP contribution is 2.23. The first-order valence-corrected chi connectivity index (χ1v) is 8.72. The maximum Gasteiger partial charge on any atom is 0.255 e. The molecule has 6 heteroatoms. The molecule has 1 atom stereocenters. The van der Waals surface area contributed by atoms with Gasteiger partial charge in [-0.1, -0.05) is 36.4 Å². The molecule has 0 aliphatic carbocycles. The van der Waals surface area contributed by atoms with E-state index in [4.69, 9.17) is 10.5 Å². The number of carbonyl (C=O) groups excluding carboxylic acids is 2. The number of rotatable bonds is 7. The number of benzene rings is 2. The van der Waals surface area contributed by atoms with Crippen molar-refractivity contribution in [2.75, 3.05) is 18.5 Å². The number of anilines is 1. The van der Waals surface area contributed by atoms with Gasteiger partial charge in [-0.25, -0.2) is 0 Å². The van der Waals surface area contributed by atoms with E-state index in [1.807, 2.05) is 18.2 Å². The number of hydrogen-bond donors (Lipinski definition) is 2. The topological polar surface area (TPSA) is 84.7 Å². The zero-order valence-corrected chi connectivity index (χ0v) is 14.6. The van der Waals surface area contributed by atoms with Crippen LogP contribution in [0.15, 0.2) is 54.6 Å². The van der Waals surface area contributed by atoms with Crippen molar-refractivity contribution in [3.05, 3.63) is 60.2 Å². The van der Waals surface area contributed by atoms with Crippen LogP contribution in [0.4, 0.5) is 5.69 Å². The Bertz CT molecular complexity index is 764. The molecule has 136 valence electrons. The Kier molecular flexibility index (Phi) is 5.86. The second kappa shape index (κ2) is 8.49. The lowest BCUT2D eigenvalue weighted by molar-refractivity contribution is -0.121. The van der Waals surface area contributed by atoms with Crippen molar-refractivity contribution in [1.29, 1.82) is 0 Å². The van der Waals surface area contributed by atoms with Gasteiger partial charge in [-0.2, -0.15) is 0 Å². The number of primary amides is 1. The predicted octanol–water partition coefficient (Wildman–Crippen LogP) is 2.15. The number of nitrogens with two attached hydrogens (primary N) is 1. The molecule has 1 heterocycles. The summed E-state index contributed by atoms with van der Waals surface area (Å²) in [4.78, 5) is 25.7. The fourth-order valence-corrected chi connectivity index (χ4v) is 3.17. The van der Waals surface area contributed by atoms with Crippen LogP contribution in [0.1, 0.15) is 18.4 Å². The largest absolute Gasteiger partial charge is 0.484 e. The van der Waals surface area contributed by atoms with E-state index in [0.717, 1.165) is 25.9 Å². The molecule has 0 bridgehead atoms. The summed E-state index contributed by atoms with van der Waals surface area (Å²) in [7, 11) is 0. The van der Waals surface area contributed by atoms with Crippen LogP contribution in [-0.4, -0.2) is 35.9 Å². The Hall–Kier alpha value is -2.86. The van der Waals surface area contributed by atoms with Gasteiger partial charge in [0.2, 0.25) is 5.91 Å². The van der Waals surface area contributed by atoms with E-state index < -0.39 is 5.91 Å². The van der Waals surface area contributed by atoms with Gasteiger partial charge in [0, 0.05) is 18.3 Å². The smallest absolute Gasteiger partial charge is 0.255 e. The normalized spacial score (nSPS) is 17.0. The predicted molar refractivity (Wildman–Crippen MR) is 99.6 cm³/mol. The van der Waals surface area contributed by atoms with Crippen molar-refractivity contribution in [3.8, 4) is 5.75 Å². The van der Waals surface area contributed by atoms with E-state index in [1.165, 1.54) is 5.56 Å². The van der Waals surface area contributed by atoms with Crippen LogP contribution < -0.4 is 15.8 Å². The molecule has 3 N–H and O–H groups in total. The number of nitrogens with zero attached hydrogens (tertiary/aromatic N) is 1. The van der Waals surface area contributed by atoms with E-state index >= 15 is 0 Å². The number of likely N-dealkylation sites (tertiary alicyclic amines) is 1. The highest BCUT2D eigenvalue weighted by atomic mass is 16.5. The Morgan fingerprint density at radius 3 is 2.73 bits per heavy atom. The minimum atomic E-state index is -0.540. The summed E-state index contributed by atoms with van der Waals surface area (Å²) in [6.07, 6.45) is 1.85. The van der Waals surface area contributed by atoms with Gasteiger partial charge in [-0.05, 0) is 37.1 Å². The molecular formula is C20H23N3O3. The number of nitrogens with one attached hydrogen (secondary N) is 1. The average molecular weight is 353 g/mol. The van der Waals surface area contributed by atoms with E-state index in [2.05, 4.69) is 22.3 Å². The molecule has 1 fully saturated rings. The third-order valence-corrected chi connectivity index (χ3v) is 4.38. The second-order valence-electron chi connectivity index (χ2n) is 6.39. The molecule has 1 unspecified atom stereocenters. The SMILES string of the molecule is NC(=O)COc1cccc(NC(=O)C2CCCN2Cc2ccccc2)c1. The van der Waals surface area contributed by atoms with Gasteiger partial charge in [-0.15, -0.1) is 0 Å². The average Bonchev–Trinajstić information content (AvgIpc) is 3.09. The Morgan fingerprint density at radius 2 is 1.96 bits per heavy atom. The van der Waals surface area contributed by atoms with Gasteiger partial charge in [0.1, 0.15) is 5.75 Å². The molecule has 26 heavy (non-hydrogen) atoms. The van der Waals surface area contributed by atoms with E-state index in [1.54, 1.807) is 24.3 Å². The second-order valence-corrected chi connectivity index (χ2v) is 6.39. The Labute approximate surface area is 152 Å². The molecule has 2 aromatic rings. The van der Waals surface area contributed by atoms with Crippen LogP contribution in [-0.2, 0) is 16.1 Å². The summed E-state index contributed by atoms with van der Waals surface area (Å²) in [5.41, 5.74) is 6.93. The fraction of sp³-hybridized carbons (Fsp3) is 0.300. The summed E-state index contributed by atoms with van der Waals surface area (Å²) >= 11 is 0. The first-order valence-electron chi connectivity index (χ1n) is 8.72. The maximum atomic E-state index is 12.7. The zero-order chi connectivity index (χ0) is 18.4. The molecule has 1 saturated heterocycles. The molecule has 2 aromatic carbocycles. The van der Waals surface area contributed by atoms with Crippen LogP contribution in [0.2, 0.25) is 0 Å². The van der Waals surface area contributed by atoms with Crippen LogP contribution in [0, 0.1) is 0 Å². The van der Waals surface area contributed by atoms with Crippen molar-refractivity contribution in [1.82, 2.24) is 4.90 Å². The van der Waals surface area contributed by atoms with E-state index in [0.29, 0.717) is 11.4 Å². The van der Waals surface area contributed by atoms with Crippen molar-refractivity contribution in [2.45, 2.75) is 25.4 Å². The molecule has 0 radical (unpaired) electrons. The molecular weight excluding hydrogens is 330 g/mol. The molecule has 1 aliphatic heterocycles. The molecule has 0 aromatic heterocycles. The standard InChI is InChI=1S/C20H23N3O3/c21-19(24)14-26-17-9-4-8-16(12-17)22-20(25)18-10-5-11-23(18)13-15-6-2-1-3-7-15/h1-4,6-9,12,18H,5,10-11,13-14H2,(H2,21,24)(H,22,25). The summed E-state index contributed by atoms with van der Waals surface area (Å²) in [5.74, 6) is -0.0680. The minimum absolute atomic E-state index is 0.0227. The number of carbonyl (C=O) groups is 2. The van der Waals surface area contributed by atoms with Crippen LogP contribution in [0.5, 0.6) is 5.75 Å². The molecule has 0 spiro atoms. The zero-order valence-electron chi connectivity index (χ0n) is 14.6. The van der Waals surface area contributed by atoms with Crippen LogP contribution in [0.3, 0.4) is 0 Å². The number of hydrogen-bond acceptors (Lipinski definition) is 4. The summed E-state index contributed by atoms with van der Waals surface area (Å²) in [5, 5.41) is 2.95. The van der Waals surface area contributed by atoms with Gasteiger partial charge >= 0.3 is 0 Å². The van der Waals surface area contributed by atoms with Gasteiger partial charge < -0.3 is 15.8 Å². The molecule has 6 nitrogen and oxygen atoms in total. The van der Waals surface area contributed by atoms with Crippen LogP contribution >= 0.6 is 0 Å². The highest BCUT2D eigenvalue weighted by Gasteiger charge is 2.30. The summed E-state index contributed by atoms with van der Waals surface area (Å²) < 4.78 is 5.28. The lowest BCUT2D eigenvalue weighted by atomic mass is 10.1. The third-order valence-electron chi connectivity index (χ3n) is 4.38. The first-order chi connectivity index (χ1) is 12.6. The number of amides is 2. The quantitative estimate of drug-likeness (QED) is 0.799. The van der Waals surface area contributed by atoms with Gasteiger partial charge in [-0.3, -0.25) is 14.5 Å². The fourth-order valence-electron chi connectivity index (χ4n) is 3.17. The van der Waals surface area contributed by atoms with Crippen molar-refractivity contribution in [2.24, 2.45) is 5.73 Å². The lowest BCUT2D eigenvalue weighted by Crippen LogP contribution is -2.39. The van der Waals surface area contributed by atoms with Gasteiger partial charge in [0.25, 0.3) is 5.91 Å². The lowest BCUT2D eigenvalue weighted by Gasteiger charge is -2.23. The summed E-state index contributed by atoms with van der Waals surface area (Å²) in [6.45, 7) is 1.49. The monoisotopic (exact) mass is 353 g/mol. The third kappa shape index (κ3) is 4.83. The number of ether oxygens (including phenoxy) is 1. The summed E-state index contributed by atoms with van der Waals surface area (Å²) in [6, 6.07) is 17.0. The van der Waals surface area contributed by atoms with Crippen molar-refractivity contribution < 1.29 is 14.3 Å². The molecule has 1 aliphatic rings. The molecule has 0 saturated carbocycles. The molecule has 3 rings (SSSR count). The van der Waals surface area contributed by atoms with E-state index in [9.17, 15) is 9.59 Å². The Balaban J connectivity index is 1.61. The van der Waals surface area contributed by atoms with Gasteiger partial charge in [0.15, 0.2) is 6.61 Å². The van der Waals surface area contributed by atoms with Gasteiger partial charge in [0.05, 0.1) is 6.04 Å².